The first-order valence-electron chi connectivity index (χ1n) is 10.8. The van der Waals surface area contributed by atoms with Crippen LogP contribution >= 0.6 is 34.5 Å². The minimum Gasteiger partial charge on any atom is -0.491 e. The standard InChI is InChI=1S/C23H24Cl2N6O2S/c1-15-27-19-12-17(2-4-20(19)34-15)33-14-16(32)13-30-8-10-31(11-9-30)22(6-7-26)28-21-5-3-18(24)23(25)29-21/h2-6,12,16,32H,8-11,13-14H2,1H3,(H,28,29)/b22-6-/t16-/m1/s1. The van der Waals surface area contributed by atoms with Crippen LogP contribution in [0.25, 0.3) is 10.2 Å². The molecule has 0 unspecified atom stereocenters. The molecule has 0 saturated carbocycles. The van der Waals surface area contributed by atoms with Crippen LogP contribution in [0.2, 0.25) is 10.2 Å². The molecule has 2 N–H and O–H groups in total. The first-order chi connectivity index (χ1) is 16.4. The molecule has 1 aliphatic rings. The number of hydrogen-bond acceptors (Lipinski definition) is 9. The van der Waals surface area contributed by atoms with E-state index in [4.69, 9.17) is 27.9 Å². The van der Waals surface area contributed by atoms with Crippen molar-refractivity contribution in [2.24, 2.45) is 0 Å². The van der Waals surface area contributed by atoms with Crippen LogP contribution in [0, 0.1) is 18.3 Å². The highest BCUT2D eigenvalue weighted by atomic mass is 35.5. The average Bonchev–Trinajstić information content (AvgIpc) is 3.19. The second-order valence-corrected chi connectivity index (χ2v) is 9.87. The van der Waals surface area contributed by atoms with Crippen molar-refractivity contribution in [3.63, 3.8) is 0 Å². The number of nitrogens with one attached hydrogen (secondary N) is 1. The first-order valence-corrected chi connectivity index (χ1v) is 12.3. The van der Waals surface area contributed by atoms with E-state index in [1.807, 2.05) is 25.1 Å². The zero-order chi connectivity index (χ0) is 24.1. The van der Waals surface area contributed by atoms with E-state index >= 15 is 0 Å². The second kappa shape index (κ2) is 11.2. The van der Waals surface area contributed by atoms with Crippen molar-refractivity contribution in [2.75, 3.05) is 44.6 Å². The summed E-state index contributed by atoms with van der Waals surface area (Å²) < 4.78 is 6.92. The van der Waals surface area contributed by atoms with Gasteiger partial charge >= 0.3 is 0 Å². The quantitative estimate of drug-likeness (QED) is 0.339. The van der Waals surface area contributed by atoms with Gasteiger partial charge < -0.3 is 20.1 Å². The van der Waals surface area contributed by atoms with Crippen LogP contribution in [0.1, 0.15) is 5.01 Å². The van der Waals surface area contributed by atoms with Crippen molar-refractivity contribution in [3.05, 3.63) is 57.4 Å². The van der Waals surface area contributed by atoms with Gasteiger partial charge in [0, 0.05) is 38.8 Å². The molecule has 1 aromatic carbocycles. The first kappa shape index (κ1) is 24.5. The Morgan fingerprint density at radius 3 is 2.79 bits per heavy atom. The molecule has 11 heteroatoms. The third-order valence-electron chi connectivity index (χ3n) is 5.35. The van der Waals surface area contributed by atoms with Gasteiger partial charge in [0.2, 0.25) is 0 Å². The number of rotatable bonds is 8. The van der Waals surface area contributed by atoms with Gasteiger partial charge in [-0.2, -0.15) is 5.26 Å². The number of β-amino-alcohol motifs (C(OH)–C–C–N with tert-alkyl or cyclic N) is 1. The Labute approximate surface area is 212 Å². The topological polar surface area (TPSA) is 97.5 Å². The number of aromatic nitrogens is 2. The Morgan fingerprint density at radius 2 is 2.06 bits per heavy atom. The largest absolute Gasteiger partial charge is 0.491 e. The van der Waals surface area contributed by atoms with Crippen molar-refractivity contribution in [3.8, 4) is 11.8 Å². The molecule has 0 amide bonds. The zero-order valence-electron chi connectivity index (χ0n) is 18.5. The van der Waals surface area contributed by atoms with Crippen molar-refractivity contribution in [2.45, 2.75) is 13.0 Å². The summed E-state index contributed by atoms with van der Waals surface area (Å²) in [6.07, 6.45) is 0.829. The number of hydrogen-bond donors (Lipinski definition) is 2. The second-order valence-electron chi connectivity index (χ2n) is 7.87. The lowest BCUT2D eigenvalue weighted by molar-refractivity contribution is 0.0518. The molecule has 3 aromatic rings. The number of aliphatic hydroxyl groups excluding tert-OH is 1. The van der Waals surface area contributed by atoms with Gasteiger partial charge in [-0.05, 0) is 31.2 Å². The third-order valence-corrected chi connectivity index (χ3v) is 6.99. The number of nitrogens with zero attached hydrogens (tertiary/aromatic N) is 5. The van der Waals surface area contributed by atoms with E-state index in [1.54, 1.807) is 23.5 Å². The van der Waals surface area contributed by atoms with E-state index in [9.17, 15) is 10.4 Å². The molecular formula is C23H24Cl2N6O2S. The number of aliphatic hydroxyl groups is 1. The van der Waals surface area contributed by atoms with Gasteiger partial charge in [-0.3, -0.25) is 4.90 Å². The molecule has 34 heavy (non-hydrogen) atoms. The maximum absolute atomic E-state index is 10.5. The van der Waals surface area contributed by atoms with Crippen LogP contribution in [-0.2, 0) is 0 Å². The van der Waals surface area contributed by atoms with Gasteiger partial charge in [0.1, 0.15) is 35.3 Å². The molecule has 1 aliphatic heterocycles. The van der Waals surface area contributed by atoms with Crippen LogP contribution < -0.4 is 10.1 Å². The summed E-state index contributed by atoms with van der Waals surface area (Å²) in [5.74, 6) is 1.86. The Morgan fingerprint density at radius 1 is 1.26 bits per heavy atom. The number of benzene rings is 1. The summed E-state index contributed by atoms with van der Waals surface area (Å²) >= 11 is 13.6. The van der Waals surface area contributed by atoms with E-state index in [0.29, 0.717) is 42.0 Å². The lowest BCUT2D eigenvalue weighted by Gasteiger charge is -2.37. The van der Waals surface area contributed by atoms with Crippen LogP contribution in [0.15, 0.2) is 42.2 Å². The molecule has 2 aromatic heterocycles. The third kappa shape index (κ3) is 6.29. The van der Waals surface area contributed by atoms with E-state index < -0.39 is 6.10 Å². The maximum Gasteiger partial charge on any atom is 0.150 e. The number of halogens is 2. The summed E-state index contributed by atoms with van der Waals surface area (Å²) in [5.41, 5.74) is 0.913. The molecule has 0 aliphatic carbocycles. The normalized spacial score (nSPS) is 15.9. The molecule has 8 nitrogen and oxygen atoms in total. The molecule has 178 valence electrons. The molecule has 3 heterocycles. The van der Waals surface area contributed by atoms with Gasteiger partial charge in [0.25, 0.3) is 0 Å². The van der Waals surface area contributed by atoms with E-state index in [0.717, 1.165) is 28.3 Å². The minimum absolute atomic E-state index is 0.200. The molecular weight excluding hydrogens is 495 g/mol. The Balaban J connectivity index is 1.26. The summed E-state index contributed by atoms with van der Waals surface area (Å²) in [7, 11) is 0. The predicted molar refractivity (Wildman–Crippen MR) is 135 cm³/mol. The van der Waals surface area contributed by atoms with Crippen LogP contribution in [0.3, 0.4) is 0 Å². The lowest BCUT2D eigenvalue weighted by Crippen LogP contribution is -2.49. The molecule has 0 bridgehead atoms. The molecule has 0 radical (unpaired) electrons. The number of aryl methyl sites for hydroxylation is 1. The Kier molecular flexibility index (Phi) is 8.08. The van der Waals surface area contributed by atoms with Crippen molar-refractivity contribution in [1.82, 2.24) is 19.8 Å². The van der Waals surface area contributed by atoms with E-state index in [-0.39, 0.29) is 11.8 Å². The fourth-order valence-electron chi connectivity index (χ4n) is 3.71. The highest BCUT2D eigenvalue weighted by Gasteiger charge is 2.21. The summed E-state index contributed by atoms with van der Waals surface area (Å²) in [4.78, 5) is 12.9. The summed E-state index contributed by atoms with van der Waals surface area (Å²) in [6.45, 7) is 5.54. The highest BCUT2D eigenvalue weighted by Crippen LogP contribution is 2.26. The van der Waals surface area contributed by atoms with Crippen LogP contribution in [0.4, 0.5) is 5.82 Å². The number of thiazole rings is 1. The van der Waals surface area contributed by atoms with Gasteiger partial charge in [0.05, 0.1) is 32.4 Å². The Hall–Kier alpha value is -2.61. The van der Waals surface area contributed by atoms with Crippen LogP contribution in [-0.4, -0.2) is 70.3 Å². The van der Waals surface area contributed by atoms with Crippen molar-refractivity contribution < 1.29 is 9.84 Å². The summed E-state index contributed by atoms with van der Waals surface area (Å²) in [6, 6.07) is 11.2. The number of anilines is 1. The van der Waals surface area contributed by atoms with E-state index in [1.165, 1.54) is 6.08 Å². The van der Waals surface area contributed by atoms with Crippen molar-refractivity contribution in [1.29, 1.82) is 5.26 Å². The number of pyridine rings is 1. The highest BCUT2D eigenvalue weighted by molar-refractivity contribution is 7.18. The predicted octanol–water partition coefficient (Wildman–Crippen LogP) is 4.14. The smallest absolute Gasteiger partial charge is 0.150 e. The minimum atomic E-state index is -0.618. The fraction of sp³-hybridized carbons (Fsp3) is 0.348. The molecule has 1 atom stereocenters. The SMILES string of the molecule is Cc1nc2cc(OC[C@H](O)CN3CCN(/C(=C\C#N)Nc4ccc(Cl)c(Cl)n4)CC3)ccc2s1. The van der Waals surface area contributed by atoms with Gasteiger partial charge in [-0.25, -0.2) is 9.97 Å². The number of piperazine rings is 1. The summed E-state index contributed by atoms with van der Waals surface area (Å²) in [5, 5.41) is 24.4. The number of nitriles is 1. The van der Waals surface area contributed by atoms with E-state index in [2.05, 4.69) is 31.2 Å². The van der Waals surface area contributed by atoms with Crippen molar-refractivity contribution >= 4 is 50.6 Å². The zero-order valence-corrected chi connectivity index (χ0v) is 20.9. The molecule has 0 spiro atoms. The number of allylic oxidation sites excluding steroid dienone is 1. The van der Waals surface area contributed by atoms with Gasteiger partial charge in [0.15, 0.2) is 0 Å². The van der Waals surface area contributed by atoms with Crippen LogP contribution in [0.5, 0.6) is 5.75 Å². The number of fused-ring (bicyclic) bond motifs is 1. The maximum atomic E-state index is 10.5. The van der Waals surface area contributed by atoms with Gasteiger partial charge in [-0.15, -0.1) is 11.3 Å². The number of ether oxygens (including phenoxy) is 1. The lowest BCUT2D eigenvalue weighted by atomic mass is 10.2. The monoisotopic (exact) mass is 518 g/mol. The molecule has 4 rings (SSSR count). The molecule has 1 fully saturated rings. The Bertz CT molecular complexity index is 1220. The average molecular weight is 519 g/mol. The molecule has 1 saturated heterocycles. The van der Waals surface area contributed by atoms with Gasteiger partial charge in [-0.1, -0.05) is 23.2 Å². The fourth-order valence-corrected chi connectivity index (χ4v) is 4.78.